The summed E-state index contributed by atoms with van der Waals surface area (Å²) in [5.74, 6) is -0.119. The van der Waals surface area contributed by atoms with Gasteiger partial charge in [-0.25, -0.2) is 8.42 Å². The summed E-state index contributed by atoms with van der Waals surface area (Å²) >= 11 is 0. The highest BCUT2D eigenvalue weighted by Gasteiger charge is 2.23. The summed E-state index contributed by atoms with van der Waals surface area (Å²) < 4.78 is 25.2. The van der Waals surface area contributed by atoms with Crippen molar-refractivity contribution in [1.82, 2.24) is 9.37 Å². The van der Waals surface area contributed by atoms with Crippen molar-refractivity contribution in [3.63, 3.8) is 0 Å². The molecule has 0 aromatic heterocycles. The van der Waals surface area contributed by atoms with E-state index in [9.17, 15) is 13.2 Å². The second-order valence-corrected chi connectivity index (χ2v) is 6.91. The van der Waals surface area contributed by atoms with E-state index in [0.29, 0.717) is 5.56 Å². The Morgan fingerprint density at radius 2 is 1.90 bits per heavy atom. The lowest BCUT2D eigenvalue weighted by Gasteiger charge is -2.27. The maximum atomic E-state index is 12.4. The molecule has 1 aliphatic rings. The summed E-state index contributed by atoms with van der Waals surface area (Å²) in [7, 11) is -1.14. The van der Waals surface area contributed by atoms with E-state index in [4.69, 9.17) is 4.84 Å². The number of hydrogen-bond acceptors (Lipinski definition) is 4. The highest BCUT2D eigenvalue weighted by atomic mass is 32.2. The van der Waals surface area contributed by atoms with Crippen molar-refractivity contribution >= 4 is 15.9 Å². The van der Waals surface area contributed by atoms with Crippen molar-refractivity contribution in [2.75, 3.05) is 27.2 Å². The van der Waals surface area contributed by atoms with Crippen LogP contribution in [0.2, 0.25) is 0 Å². The van der Waals surface area contributed by atoms with Gasteiger partial charge in [-0.2, -0.15) is 0 Å². The van der Waals surface area contributed by atoms with E-state index in [0.717, 1.165) is 36.8 Å². The Kier molecular flexibility index (Phi) is 4.97. The third-order valence-electron chi connectivity index (χ3n) is 3.62. The van der Waals surface area contributed by atoms with Crippen LogP contribution in [0.5, 0.6) is 0 Å². The largest absolute Gasteiger partial charge is 0.339 e. The van der Waals surface area contributed by atoms with Crippen molar-refractivity contribution in [1.29, 1.82) is 0 Å². The summed E-state index contributed by atoms with van der Waals surface area (Å²) in [5, 5.41) is 0. The molecule has 0 atom stereocenters. The van der Waals surface area contributed by atoms with E-state index < -0.39 is 10.0 Å². The molecule has 1 aromatic carbocycles. The normalized spacial score (nSPS) is 16.2. The van der Waals surface area contributed by atoms with Gasteiger partial charge in [0.25, 0.3) is 15.9 Å². The molecule has 1 amide bonds. The van der Waals surface area contributed by atoms with Gasteiger partial charge in [-0.1, -0.05) is 10.5 Å². The van der Waals surface area contributed by atoms with Crippen LogP contribution in [0.25, 0.3) is 0 Å². The SMILES string of the molecule is CON(C)S(=O)(=O)c1cccc(C(=O)N2CCCCC2)c1. The molecule has 0 aliphatic carbocycles. The first-order chi connectivity index (χ1) is 9.96. The molecule has 116 valence electrons. The molecule has 1 aliphatic heterocycles. The van der Waals surface area contributed by atoms with Crippen LogP contribution in [0.4, 0.5) is 0 Å². The minimum Gasteiger partial charge on any atom is -0.339 e. The monoisotopic (exact) mass is 312 g/mol. The Balaban J connectivity index is 2.27. The third kappa shape index (κ3) is 3.42. The standard InChI is InChI=1S/C14H20N2O4S/c1-15(20-2)21(18,19)13-8-6-7-12(11-13)14(17)16-9-4-3-5-10-16/h6-8,11H,3-5,9-10H2,1-2H3. The number of amides is 1. The molecule has 1 aromatic rings. The van der Waals surface area contributed by atoms with Crippen LogP contribution in [0.1, 0.15) is 29.6 Å². The van der Waals surface area contributed by atoms with Gasteiger partial charge in [-0.15, -0.1) is 0 Å². The molecular formula is C14H20N2O4S. The lowest BCUT2D eigenvalue weighted by Crippen LogP contribution is -2.35. The third-order valence-corrected chi connectivity index (χ3v) is 5.29. The van der Waals surface area contributed by atoms with Gasteiger partial charge < -0.3 is 4.90 Å². The zero-order chi connectivity index (χ0) is 15.5. The number of carbonyl (C=O) groups is 1. The van der Waals surface area contributed by atoms with Gasteiger partial charge in [0.2, 0.25) is 0 Å². The number of likely N-dealkylation sites (tertiary alicyclic amines) is 1. The zero-order valence-corrected chi connectivity index (χ0v) is 13.1. The smallest absolute Gasteiger partial charge is 0.264 e. The van der Waals surface area contributed by atoms with E-state index in [-0.39, 0.29) is 10.8 Å². The fraction of sp³-hybridized carbons (Fsp3) is 0.500. The number of rotatable bonds is 4. The first kappa shape index (κ1) is 15.9. The van der Waals surface area contributed by atoms with Crippen molar-refractivity contribution < 1.29 is 18.0 Å². The highest BCUT2D eigenvalue weighted by molar-refractivity contribution is 7.89. The average Bonchev–Trinajstić information content (AvgIpc) is 2.54. The van der Waals surface area contributed by atoms with Crippen molar-refractivity contribution in [3.05, 3.63) is 29.8 Å². The first-order valence-electron chi connectivity index (χ1n) is 6.89. The minimum atomic E-state index is -3.74. The first-order valence-corrected chi connectivity index (χ1v) is 8.33. The quantitative estimate of drug-likeness (QED) is 0.790. The van der Waals surface area contributed by atoms with Gasteiger partial charge in [0.05, 0.1) is 12.0 Å². The molecule has 0 unspecified atom stereocenters. The average molecular weight is 312 g/mol. The molecule has 0 spiro atoms. The predicted molar refractivity (Wildman–Crippen MR) is 78.2 cm³/mol. The number of benzene rings is 1. The van der Waals surface area contributed by atoms with Crippen molar-refractivity contribution in [2.45, 2.75) is 24.2 Å². The number of piperidine rings is 1. The number of carbonyl (C=O) groups excluding carboxylic acids is 1. The van der Waals surface area contributed by atoms with E-state index in [2.05, 4.69) is 0 Å². The van der Waals surface area contributed by atoms with Crippen LogP contribution in [0, 0.1) is 0 Å². The van der Waals surface area contributed by atoms with E-state index in [1.54, 1.807) is 17.0 Å². The second kappa shape index (κ2) is 6.55. The molecule has 1 saturated heterocycles. The molecular weight excluding hydrogens is 292 g/mol. The molecule has 1 fully saturated rings. The minimum absolute atomic E-state index is 0.0507. The number of hydroxylamine groups is 1. The van der Waals surface area contributed by atoms with Crippen LogP contribution in [0.3, 0.4) is 0 Å². The van der Waals surface area contributed by atoms with Crippen LogP contribution >= 0.6 is 0 Å². The van der Waals surface area contributed by atoms with E-state index in [1.807, 2.05) is 0 Å². The van der Waals surface area contributed by atoms with Crippen molar-refractivity contribution in [2.24, 2.45) is 0 Å². The molecule has 0 bridgehead atoms. The predicted octanol–water partition coefficient (Wildman–Crippen LogP) is 1.49. The van der Waals surface area contributed by atoms with E-state index >= 15 is 0 Å². The fourth-order valence-electron chi connectivity index (χ4n) is 2.32. The molecule has 0 radical (unpaired) electrons. The lowest BCUT2D eigenvalue weighted by atomic mass is 10.1. The number of hydrogen-bond donors (Lipinski definition) is 0. The zero-order valence-electron chi connectivity index (χ0n) is 12.3. The Morgan fingerprint density at radius 3 is 2.52 bits per heavy atom. The topological polar surface area (TPSA) is 66.9 Å². The van der Waals surface area contributed by atoms with Crippen LogP contribution in [-0.4, -0.2) is 50.9 Å². The molecule has 6 nitrogen and oxygen atoms in total. The van der Waals surface area contributed by atoms with Gasteiger partial charge in [0.1, 0.15) is 0 Å². The number of nitrogens with zero attached hydrogens (tertiary/aromatic N) is 2. The Morgan fingerprint density at radius 1 is 1.24 bits per heavy atom. The Hall–Kier alpha value is -1.44. The van der Waals surface area contributed by atoms with Crippen LogP contribution in [-0.2, 0) is 14.9 Å². The number of sulfonamides is 1. The van der Waals surface area contributed by atoms with Gasteiger partial charge in [0.15, 0.2) is 0 Å². The van der Waals surface area contributed by atoms with Gasteiger partial charge in [0, 0.05) is 25.7 Å². The summed E-state index contributed by atoms with van der Waals surface area (Å²) in [6, 6.07) is 6.08. The van der Waals surface area contributed by atoms with Crippen molar-refractivity contribution in [3.8, 4) is 0 Å². The Labute approximate surface area is 125 Å². The summed E-state index contributed by atoms with van der Waals surface area (Å²) in [4.78, 5) is 19.0. The molecule has 0 saturated carbocycles. The lowest BCUT2D eigenvalue weighted by molar-refractivity contribution is -0.0258. The molecule has 7 heteroatoms. The summed E-state index contributed by atoms with van der Waals surface area (Å²) in [5.41, 5.74) is 0.391. The highest BCUT2D eigenvalue weighted by Crippen LogP contribution is 2.18. The van der Waals surface area contributed by atoms with Gasteiger partial charge in [-0.3, -0.25) is 9.63 Å². The molecule has 1 heterocycles. The van der Waals surface area contributed by atoms with Crippen LogP contribution in [0.15, 0.2) is 29.2 Å². The van der Waals surface area contributed by atoms with Crippen LogP contribution < -0.4 is 0 Å². The summed E-state index contributed by atoms with van der Waals surface area (Å²) in [6.07, 6.45) is 3.13. The fourth-order valence-corrected chi connectivity index (χ4v) is 3.34. The second-order valence-electron chi connectivity index (χ2n) is 4.98. The maximum absolute atomic E-state index is 12.4. The van der Waals surface area contributed by atoms with Gasteiger partial charge >= 0.3 is 0 Å². The molecule has 0 N–H and O–H groups in total. The maximum Gasteiger partial charge on any atom is 0.264 e. The van der Waals surface area contributed by atoms with E-state index in [1.165, 1.54) is 26.3 Å². The van der Waals surface area contributed by atoms with Gasteiger partial charge in [-0.05, 0) is 37.5 Å². The molecule has 21 heavy (non-hydrogen) atoms. The Bertz CT molecular complexity index is 609. The summed E-state index contributed by atoms with van der Waals surface area (Å²) in [6.45, 7) is 1.46. The molecule has 2 rings (SSSR count).